The molecule has 1 amide bonds. The number of carboxylic acids is 1. The second kappa shape index (κ2) is 8.55. The summed E-state index contributed by atoms with van der Waals surface area (Å²) in [6, 6.07) is 0.894. The van der Waals surface area contributed by atoms with Gasteiger partial charge in [0.1, 0.15) is 18.6 Å². The first-order valence-electron chi connectivity index (χ1n) is 6.65. The number of cyclic esters (lactones) is 1. The second-order valence-corrected chi connectivity index (χ2v) is 5.32. The van der Waals surface area contributed by atoms with Crippen LogP contribution in [0.1, 0.15) is 19.3 Å². The number of nitriles is 1. The number of esters is 1. The maximum atomic E-state index is 12.3. The zero-order valence-corrected chi connectivity index (χ0v) is 15.6. The fourth-order valence-electron chi connectivity index (χ4n) is 2.21. The third-order valence-corrected chi connectivity index (χ3v) is 3.58. The Labute approximate surface area is 164 Å². The van der Waals surface area contributed by atoms with Gasteiger partial charge in [-0.2, -0.15) is 10.3 Å². The van der Waals surface area contributed by atoms with Crippen molar-refractivity contribution in [1.82, 2.24) is 10.4 Å². The van der Waals surface area contributed by atoms with E-state index in [4.69, 9.17) is 27.1 Å². The number of nitrogens with zero attached hydrogens (tertiary/aromatic N) is 2. The van der Waals surface area contributed by atoms with Crippen molar-refractivity contribution in [1.29, 1.82) is 5.26 Å². The van der Waals surface area contributed by atoms with E-state index in [1.165, 1.54) is 12.2 Å². The van der Waals surface area contributed by atoms with E-state index in [0.717, 1.165) is 0 Å². The molecule has 24 heavy (non-hydrogen) atoms. The largest absolute Gasteiger partial charge is 1.00 e. The van der Waals surface area contributed by atoms with Crippen molar-refractivity contribution in [2.24, 2.45) is 0 Å². The van der Waals surface area contributed by atoms with Gasteiger partial charge in [0, 0.05) is 18.9 Å². The average Bonchev–Trinajstić information content (AvgIpc) is 3.05. The molecule has 2 fully saturated rings. The molecule has 0 aliphatic carbocycles. The SMILES string of the molecule is N#CC=CCC(=S)N[C@H]1CON(C2(C(=O)[O-])CCC(=O)O2)C1=O.[Na+]. The zero-order chi connectivity index (χ0) is 17.0. The molecule has 0 aromatic heterocycles. The number of thiocarbonyl (C=S) groups is 1. The fraction of sp³-hybridized carbons (Fsp3) is 0.462. The van der Waals surface area contributed by atoms with Crippen LogP contribution in [0.5, 0.6) is 0 Å². The van der Waals surface area contributed by atoms with Gasteiger partial charge < -0.3 is 20.0 Å². The summed E-state index contributed by atoms with van der Waals surface area (Å²) in [5, 5.41) is 23.0. The second-order valence-electron chi connectivity index (χ2n) is 4.83. The van der Waals surface area contributed by atoms with Crippen LogP contribution in [0.25, 0.3) is 0 Å². The topological polar surface area (TPSA) is 132 Å². The zero-order valence-electron chi connectivity index (χ0n) is 12.8. The number of carbonyl (C=O) groups excluding carboxylic acids is 3. The van der Waals surface area contributed by atoms with E-state index in [-0.39, 0.29) is 60.4 Å². The van der Waals surface area contributed by atoms with Crippen LogP contribution in [0.3, 0.4) is 0 Å². The van der Waals surface area contributed by atoms with Crippen molar-refractivity contribution in [3.05, 3.63) is 12.2 Å². The van der Waals surface area contributed by atoms with Crippen LogP contribution in [0.2, 0.25) is 0 Å². The minimum absolute atomic E-state index is 0. The number of hydrogen-bond donors (Lipinski definition) is 1. The molecule has 2 atom stereocenters. The Bertz CT molecular complexity index is 634. The normalized spacial score (nSPS) is 26.0. The number of ether oxygens (including phenoxy) is 1. The van der Waals surface area contributed by atoms with E-state index in [2.05, 4.69) is 5.32 Å². The van der Waals surface area contributed by atoms with E-state index in [1.807, 2.05) is 0 Å². The van der Waals surface area contributed by atoms with Gasteiger partial charge in [-0.1, -0.05) is 18.3 Å². The molecular formula is C13H12N3NaO6S. The standard InChI is InChI=1S/C13H13N3O6S.Na/c14-6-2-1-3-9(23)15-8-7-21-16(11(8)18)13(12(19)20)5-4-10(17)22-13;/h1-2,8H,3-5,7H2,(H,15,23)(H,19,20);/q;+1/p-1/t8-,13?;/m0./s1. The Morgan fingerprint density at radius 2 is 2.29 bits per heavy atom. The first-order valence-corrected chi connectivity index (χ1v) is 7.06. The number of nitrogens with one attached hydrogen (secondary N) is 1. The number of amides is 1. The molecule has 2 rings (SSSR count). The molecule has 1 N–H and O–H groups in total. The van der Waals surface area contributed by atoms with Crippen LogP contribution < -0.4 is 40.0 Å². The maximum Gasteiger partial charge on any atom is 1.00 e. The van der Waals surface area contributed by atoms with E-state index < -0.39 is 29.6 Å². The Morgan fingerprint density at radius 1 is 1.58 bits per heavy atom. The fourth-order valence-corrected chi connectivity index (χ4v) is 2.45. The third kappa shape index (κ3) is 4.12. The van der Waals surface area contributed by atoms with E-state index in [0.29, 0.717) is 5.06 Å². The van der Waals surface area contributed by atoms with Gasteiger partial charge in [-0.25, -0.2) is 0 Å². The van der Waals surface area contributed by atoms with Crippen LogP contribution in [0, 0.1) is 11.3 Å². The predicted octanol–water partition coefficient (Wildman–Crippen LogP) is -4.70. The average molecular weight is 361 g/mol. The van der Waals surface area contributed by atoms with Crippen LogP contribution in [-0.4, -0.2) is 46.3 Å². The number of rotatable bonds is 5. The number of carbonyl (C=O) groups is 3. The van der Waals surface area contributed by atoms with Crippen LogP contribution >= 0.6 is 12.2 Å². The molecule has 2 aliphatic heterocycles. The summed E-state index contributed by atoms with van der Waals surface area (Å²) >= 11 is 5.02. The molecule has 2 aliphatic rings. The third-order valence-electron chi connectivity index (χ3n) is 3.30. The summed E-state index contributed by atoms with van der Waals surface area (Å²) in [4.78, 5) is 40.3. The minimum atomic E-state index is -2.24. The van der Waals surface area contributed by atoms with Crippen molar-refractivity contribution in [2.45, 2.75) is 31.0 Å². The monoisotopic (exact) mass is 361 g/mol. The van der Waals surface area contributed by atoms with Crippen molar-refractivity contribution in [3.8, 4) is 6.07 Å². The number of carboxylic acid groups (broad SMARTS) is 1. The molecule has 0 aromatic carbocycles. The quantitative estimate of drug-likeness (QED) is 0.222. The van der Waals surface area contributed by atoms with Crippen molar-refractivity contribution in [3.63, 3.8) is 0 Å². The molecule has 1 unspecified atom stereocenters. The Balaban J connectivity index is 0.00000288. The molecule has 9 nitrogen and oxygen atoms in total. The smallest absolute Gasteiger partial charge is 0.544 e. The summed E-state index contributed by atoms with van der Waals surface area (Å²) in [7, 11) is 0. The summed E-state index contributed by atoms with van der Waals surface area (Å²) < 4.78 is 4.77. The molecule has 11 heteroatoms. The molecule has 122 valence electrons. The van der Waals surface area contributed by atoms with Crippen LogP contribution in [0.15, 0.2) is 12.2 Å². The predicted molar refractivity (Wildman–Crippen MR) is 74.8 cm³/mol. The molecular weight excluding hydrogens is 349 g/mol. The van der Waals surface area contributed by atoms with Crippen molar-refractivity contribution >= 4 is 35.1 Å². The van der Waals surface area contributed by atoms with Gasteiger partial charge in [0.15, 0.2) is 0 Å². The molecule has 0 bridgehead atoms. The summed E-state index contributed by atoms with van der Waals surface area (Å²) in [5.41, 5.74) is -2.24. The first-order chi connectivity index (χ1) is 10.9. The van der Waals surface area contributed by atoms with Gasteiger partial charge in [-0.05, 0) is 0 Å². The van der Waals surface area contributed by atoms with E-state index in [1.54, 1.807) is 6.07 Å². The summed E-state index contributed by atoms with van der Waals surface area (Å²) in [6.45, 7) is -0.173. The Morgan fingerprint density at radius 3 is 2.83 bits per heavy atom. The number of hydroxylamine groups is 2. The van der Waals surface area contributed by atoms with E-state index in [9.17, 15) is 19.5 Å². The van der Waals surface area contributed by atoms with Crippen LogP contribution in [-0.2, 0) is 24.0 Å². The van der Waals surface area contributed by atoms with E-state index >= 15 is 0 Å². The molecule has 2 saturated heterocycles. The number of hydrogen-bond acceptors (Lipinski definition) is 8. The molecule has 0 radical (unpaired) electrons. The van der Waals surface area contributed by atoms with Gasteiger partial charge in [-0.15, -0.1) is 0 Å². The summed E-state index contributed by atoms with van der Waals surface area (Å²) in [6.07, 6.45) is 2.59. The van der Waals surface area contributed by atoms with Gasteiger partial charge in [0.2, 0.25) is 0 Å². The molecule has 0 saturated carbocycles. The minimum Gasteiger partial charge on any atom is -0.544 e. The molecule has 2 heterocycles. The maximum absolute atomic E-state index is 12.3. The number of aliphatic carboxylic acids is 1. The molecule has 0 aromatic rings. The van der Waals surface area contributed by atoms with Crippen LogP contribution in [0.4, 0.5) is 0 Å². The first kappa shape index (κ1) is 20.5. The van der Waals surface area contributed by atoms with Crippen molar-refractivity contribution in [2.75, 3.05) is 6.61 Å². The summed E-state index contributed by atoms with van der Waals surface area (Å²) in [5.74, 6) is -3.20. The van der Waals surface area contributed by atoms with Gasteiger partial charge in [-0.3, -0.25) is 14.4 Å². The van der Waals surface area contributed by atoms with Gasteiger partial charge >= 0.3 is 35.5 Å². The van der Waals surface area contributed by atoms with Gasteiger partial charge in [0.25, 0.3) is 11.6 Å². The molecule has 0 spiro atoms. The number of allylic oxidation sites excluding steroid dienone is 1. The Kier molecular flexibility index (Phi) is 7.31. The van der Waals surface area contributed by atoms with Crippen molar-refractivity contribution < 1.29 is 58.6 Å². The van der Waals surface area contributed by atoms with Gasteiger partial charge in [0.05, 0.1) is 17.5 Å². The Hall–Kier alpha value is -1.51.